The Kier molecular flexibility index (Phi) is 12.6. The molecule has 0 spiro atoms. The SMILES string of the molecule is Cc1cc(C(C)(C)C)cc(F)c1C(=O)N(C)c1cccc(-c2cc(Nc3cnc(OC(C)(C)CN(C)C)cn3)c(=O)n(C)n2)c1COCCC(C)C. The van der Waals surface area contributed by atoms with Crippen molar-refractivity contribution in [2.45, 2.75) is 79.4 Å². The predicted octanol–water partition coefficient (Wildman–Crippen LogP) is 7.28. The topological polar surface area (TPSA) is 115 Å². The van der Waals surface area contributed by atoms with Gasteiger partial charge >= 0.3 is 0 Å². The molecule has 280 valence electrons. The Labute approximate surface area is 307 Å². The highest BCUT2D eigenvalue weighted by molar-refractivity contribution is 6.07. The zero-order valence-electron chi connectivity index (χ0n) is 32.7. The largest absolute Gasteiger partial charge is 0.469 e. The molecule has 0 aliphatic carbocycles. The first kappa shape index (κ1) is 40.1. The van der Waals surface area contributed by atoms with Crippen molar-refractivity contribution < 1.29 is 18.7 Å². The maximum Gasteiger partial charge on any atom is 0.290 e. The van der Waals surface area contributed by atoms with E-state index in [1.807, 2.05) is 65.7 Å². The fourth-order valence-electron chi connectivity index (χ4n) is 5.98. The molecule has 2 heterocycles. The van der Waals surface area contributed by atoms with E-state index in [4.69, 9.17) is 9.47 Å². The van der Waals surface area contributed by atoms with Gasteiger partial charge in [0.25, 0.3) is 11.5 Å². The third-order valence-electron chi connectivity index (χ3n) is 8.58. The fourth-order valence-corrected chi connectivity index (χ4v) is 5.98. The van der Waals surface area contributed by atoms with Crippen molar-refractivity contribution >= 4 is 23.1 Å². The van der Waals surface area contributed by atoms with Crippen LogP contribution in [0.3, 0.4) is 0 Å². The molecule has 2 aromatic carbocycles. The Morgan fingerprint density at radius 3 is 2.35 bits per heavy atom. The molecule has 4 rings (SSSR count). The van der Waals surface area contributed by atoms with Crippen LogP contribution < -0.4 is 20.5 Å². The Bertz CT molecular complexity index is 1910. The van der Waals surface area contributed by atoms with Crippen LogP contribution in [0.25, 0.3) is 11.3 Å². The van der Waals surface area contributed by atoms with Gasteiger partial charge in [0.1, 0.15) is 22.9 Å². The number of carbonyl (C=O) groups is 1. The molecule has 0 unspecified atom stereocenters. The van der Waals surface area contributed by atoms with Crippen LogP contribution >= 0.6 is 0 Å². The minimum Gasteiger partial charge on any atom is -0.469 e. The van der Waals surface area contributed by atoms with E-state index in [2.05, 4.69) is 34.2 Å². The average molecular weight is 716 g/mol. The highest BCUT2D eigenvalue weighted by Crippen LogP contribution is 2.34. The lowest BCUT2D eigenvalue weighted by Gasteiger charge is -2.28. The number of anilines is 3. The number of hydrogen-bond donors (Lipinski definition) is 1. The minimum atomic E-state index is -0.567. The van der Waals surface area contributed by atoms with Crippen molar-refractivity contribution in [2.75, 3.05) is 44.5 Å². The van der Waals surface area contributed by atoms with E-state index in [0.29, 0.717) is 58.8 Å². The summed E-state index contributed by atoms with van der Waals surface area (Å²) in [6, 6.07) is 10.4. The molecule has 2 aromatic heterocycles. The normalized spacial score (nSPS) is 12.1. The molecule has 12 heteroatoms. The van der Waals surface area contributed by atoms with Crippen molar-refractivity contribution in [1.82, 2.24) is 24.6 Å². The molecule has 0 atom stereocenters. The van der Waals surface area contributed by atoms with Gasteiger partial charge in [0.15, 0.2) is 0 Å². The van der Waals surface area contributed by atoms with E-state index in [9.17, 15) is 9.59 Å². The molecular formula is C40H54FN7O4. The number of likely N-dealkylation sites (N-methyl/N-ethyl adjacent to an activating group) is 1. The first-order valence-corrected chi connectivity index (χ1v) is 17.6. The Balaban J connectivity index is 1.73. The average Bonchev–Trinajstić information content (AvgIpc) is 3.03. The number of rotatable bonds is 14. The van der Waals surface area contributed by atoms with E-state index in [-0.39, 0.29) is 28.8 Å². The van der Waals surface area contributed by atoms with Crippen LogP contribution in [0.4, 0.5) is 21.6 Å². The summed E-state index contributed by atoms with van der Waals surface area (Å²) in [6.45, 7) is 17.3. The van der Waals surface area contributed by atoms with Gasteiger partial charge in [-0.1, -0.05) is 52.8 Å². The maximum atomic E-state index is 15.6. The van der Waals surface area contributed by atoms with Gasteiger partial charge < -0.3 is 24.6 Å². The first-order valence-electron chi connectivity index (χ1n) is 17.6. The molecule has 0 radical (unpaired) electrons. The smallest absolute Gasteiger partial charge is 0.290 e. The van der Waals surface area contributed by atoms with Crippen LogP contribution in [0, 0.1) is 18.7 Å². The second-order valence-electron chi connectivity index (χ2n) is 15.6. The van der Waals surface area contributed by atoms with E-state index in [1.54, 1.807) is 39.2 Å². The highest BCUT2D eigenvalue weighted by atomic mass is 19.1. The number of carbonyl (C=O) groups excluding carboxylic acids is 1. The summed E-state index contributed by atoms with van der Waals surface area (Å²) in [5, 5.41) is 7.68. The van der Waals surface area contributed by atoms with Crippen molar-refractivity contribution in [3.63, 3.8) is 0 Å². The summed E-state index contributed by atoms with van der Waals surface area (Å²) in [5.74, 6) is 0.0935. The molecule has 11 nitrogen and oxygen atoms in total. The van der Waals surface area contributed by atoms with Crippen molar-refractivity contribution in [3.8, 4) is 17.1 Å². The maximum absolute atomic E-state index is 15.6. The van der Waals surface area contributed by atoms with Gasteiger partial charge in [-0.15, -0.1) is 0 Å². The molecule has 0 aliphatic heterocycles. The third kappa shape index (κ3) is 10.0. The van der Waals surface area contributed by atoms with Gasteiger partial charge in [0, 0.05) is 44.1 Å². The lowest BCUT2D eigenvalue weighted by atomic mass is 9.85. The van der Waals surface area contributed by atoms with Crippen molar-refractivity contribution in [3.05, 3.63) is 87.2 Å². The van der Waals surface area contributed by atoms with Crippen LogP contribution in [0.15, 0.2) is 53.6 Å². The van der Waals surface area contributed by atoms with Gasteiger partial charge in [-0.3, -0.25) is 9.59 Å². The summed E-state index contributed by atoms with van der Waals surface area (Å²) in [6.07, 6.45) is 3.86. The van der Waals surface area contributed by atoms with Crippen molar-refractivity contribution in [2.24, 2.45) is 13.0 Å². The number of amides is 1. The number of aryl methyl sites for hydroxylation is 2. The molecule has 0 bridgehead atoms. The molecule has 0 fully saturated rings. The van der Waals surface area contributed by atoms with E-state index >= 15 is 4.39 Å². The van der Waals surface area contributed by atoms with Gasteiger partial charge in [-0.05, 0) is 81.9 Å². The zero-order valence-corrected chi connectivity index (χ0v) is 32.7. The Hall–Kier alpha value is -4.68. The zero-order chi connectivity index (χ0) is 38.5. The Morgan fingerprint density at radius 2 is 1.75 bits per heavy atom. The number of halogens is 1. The molecule has 52 heavy (non-hydrogen) atoms. The number of aromatic nitrogens is 4. The summed E-state index contributed by atoms with van der Waals surface area (Å²) < 4.78 is 29.1. The minimum absolute atomic E-state index is 0.0121. The van der Waals surface area contributed by atoms with Crippen LogP contribution in [0.2, 0.25) is 0 Å². The summed E-state index contributed by atoms with van der Waals surface area (Å²) in [7, 11) is 7.14. The molecule has 1 amide bonds. The summed E-state index contributed by atoms with van der Waals surface area (Å²) in [5.41, 5.74) is 2.79. The van der Waals surface area contributed by atoms with Crippen LogP contribution in [-0.4, -0.2) is 70.5 Å². The lowest BCUT2D eigenvalue weighted by molar-refractivity contribution is 0.0721. The monoisotopic (exact) mass is 715 g/mol. The van der Waals surface area contributed by atoms with Gasteiger partial charge in [0.2, 0.25) is 5.88 Å². The quantitative estimate of drug-likeness (QED) is 0.135. The summed E-state index contributed by atoms with van der Waals surface area (Å²) in [4.78, 5) is 39.6. The number of nitrogens with zero attached hydrogens (tertiary/aromatic N) is 6. The van der Waals surface area contributed by atoms with Crippen LogP contribution in [0.5, 0.6) is 5.88 Å². The van der Waals surface area contributed by atoms with E-state index in [1.165, 1.54) is 28.0 Å². The molecule has 0 saturated heterocycles. The number of hydrogen-bond acceptors (Lipinski definition) is 9. The second kappa shape index (κ2) is 16.3. The Morgan fingerprint density at radius 1 is 1.04 bits per heavy atom. The van der Waals surface area contributed by atoms with E-state index < -0.39 is 17.3 Å². The molecule has 1 N–H and O–H groups in total. The standard InChI is InChI=1S/C40H54FN7O4/c1-25(2)16-17-51-23-29-28(14-13-15-33(29)47(11)38(50)36-26(3)18-27(19-30(36)41)39(4,5)6)31-20-32(37(49)48(12)45-31)44-34-21-43-35(22-42-34)52-40(7,8)24-46(9)10/h13-15,18-22,25H,16-17,23-24H2,1-12H3,(H,42,44). The third-order valence-corrected chi connectivity index (χ3v) is 8.58. The summed E-state index contributed by atoms with van der Waals surface area (Å²) >= 11 is 0. The number of benzene rings is 2. The first-order chi connectivity index (χ1) is 24.3. The van der Waals surface area contributed by atoms with E-state index in [0.717, 1.165) is 12.0 Å². The van der Waals surface area contributed by atoms with Gasteiger partial charge in [-0.2, -0.15) is 5.10 Å². The molecule has 4 aromatic rings. The second-order valence-corrected chi connectivity index (χ2v) is 15.6. The van der Waals surface area contributed by atoms with Gasteiger partial charge in [-0.25, -0.2) is 19.0 Å². The van der Waals surface area contributed by atoms with Crippen LogP contribution in [0.1, 0.15) is 81.9 Å². The molecule has 0 saturated carbocycles. The van der Waals surface area contributed by atoms with Crippen molar-refractivity contribution in [1.29, 1.82) is 0 Å². The fraction of sp³-hybridized carbons (Fsp3) is 0.475. The lowest BCUT2D eigenvalue weighted by Crippen LogP contribution is -2.39. The molecular weight excluding hydrogens is 661 g/mol. The molecule has 0 aliphatic rings. The number of nitrogens with one attached hydrogen (secondary N) is 1. The predicted molar refractivity (Wildman–Crippen MR) is 205 cm³/mol. The highest BCUT2D eigenvalue weighted by Gasteiger charge is 2.27. The van der Waals surface area contributed by atoms with Gasteiger partial charge in [0.05, 0.1) is 30.3 Å². The number of ether oxygens (including phenoxy) is 2. The van der Waals surface area contributed by atoms with Crippen LogP contribution in [-0.2, 0) is 23.8 Å².